The normalized spacial score (nSPS) is 11.1. The summed E-state index contributed by atoms with van der Waals surface area (Å²) >= 11 is 11.4. The zero-order valence-electron chi connectivity index (χ0n) is 9.45. The molecule has 0 aliphatic carbocycles. The number of rotatable bonds is 1. The minimum Gasteiger partial charge on any atom is -0.228 e. The van der Waals surface area contributed by atoms with Crippen LogP contribution >= 0.6 is 38.9 Å². The number of aromatic nitrogens is 2. The number of aryl methyl sites for hydroxylation is 1. The summed E-state index contributed by atoms with van der Waals surface area (Å²) in [5, 5.41) is 5.41. The molecule has 0 saturated heterocycles. The highest BCUT2D eigenvalue weighted by Gasteiger charge is 2.11. The van der Waals surface area contributed by atoms with Crippen molar-refractivity contribution >= 4 is 49.8 Å². The number of benzene rings is 1. The summed E-state index contributed by atoms with van der Waals surface area (Å²) in [4.78, 5) is 8.98. The predicted octanol–water partition coefficient (Wildman–Crippen LogP) is 5.08. The number of hydrogen-bond donors (Lipinski definition) is 0. The topological polar surface area (TPSA) is 25.8 Å². The van der Waals surface area contributed by atoms with Gasteiger partial charge in [-0.25, -0.2) is 9.97 Å². The van der Waals surface area contributed by atoms with E-state index in [1.807, 2.05) is 35.9 Å². The van der Waals surface area contributed by atoms with Crippen LogP contribution in [0.25, 0.3) is 22.3 Å². The van der Waals surface area contributed by atoms with Crippen molar-refractivity contribution in [3.05, 3.63) is 44.1 Å². The lowest BCUT2D eigenvalue weighted by Gasteiger charge is -2.07. The van der Waals surface area contributed by atoms with Crippen molar-refractivity contribution in [1.82, 2.24) is 9.97 Å². The molecular weight excluding hydrogens is 332 g/mol. The summed E-state index contributed by atoms with van der Waals surface area (Å²) in [6.45, 7) is 2.02. The first-order valence-electron chi connectivity index (χ1n) is 5.32. The van der Waals surface area contributed by atoms with Gasteiger partial charge < -0.3 is 0 Å². The number of thiophene rings is 1. The third-order valence-electron chi connectivity index (χ3n) is 2.79. The van der Waals surface area contributed by atoms with Crippen LogP contribution in [0.3, 0.4) is 0 Å². The smallest absolute Gasteiger partial charge is 0.162 e. The van der Waals surface area contributed by atoms with Gasteiger partial charge in [-0.1, -0.05) is 27.5 Å². The average molecular weight is 340 g/mol. The Kier molecular flexibility index (Phi) is 3.09. The molecule has 3 aromatic rings. The molecule has 0 amide bonds. The molecule has 0 fully saturated rings. The van der Waals surface area contributed by atoms with Gasteiger partial charge in [0.15, 0.2) is 5.82 Å². The van der Waals surface area contributed by atoms with E-state index in [1.54, 1.807) is 11.3 Å². The van der Waals surface area contributed by atoms with Gasteiger partial charge in [0.1, 0.15) is 5.15 Å². The summed E-state index contributed by atoms with van der Waals surface area (Å²) in [5.74, 6) is 0.676. The van der Waals surface area contributed by atoms with Crippen LogP contribution in [0.5, 0.6) is 0 Å². The maximum atomic E-state index is 6.24. The summed E-state index contributed by atoms with van der Waals surface area (Å²) in [6, 6.07) is 5.90. The number of nitrogens with zero attached hydrogens (tertiary/aromatic N) is 2. The first kappa shape index (κ1) is 12.1. The van der Waals surface area contributed by atoms with E-state index in [1.165, 1.54) is 0 Å². The van der Waals surface area contributed by atoms with Crippen LogP contribution in [0.4, 0.5) is 0 Å². The molecule has 0 N–H and O–H groups in total. The molecule has 0 bridgehead atoms. The quantitative estimate of drug-likeness (QED) is 0.578. The van der Waals surface area contributed by atoms with Gasteiger partial charge >= 0.3 is 0 Å². The Labute approximate surface area is 122 Å². The Morgan fingerprint density at radius 3 is 2.78 bits per heavy atom. The fraction of sp³-hybridized carbons (Fsp3) is 0.0769. The standard InChI is InChI=1S/C13H8BrClN2S/c1-7-10(14)3-2-9-11(7)16-13(17-12(9)15)8-4-5-18-6-8/h2-6H,1H3. The highest BCUT2D eigenvalue weighted by molar-refractivity contribution is 9.10. The molecule has 2 nitrogen and oxygen atoms in total. The molecule has 0 radical (unpaired) electrons. The third-order valence-corrected chi connectivity index (χ3v) is 4.62. The van der Waals surface area contributed by atoms with Gasteiger partial charge in [-0.15, -0.1) is 0 Å². The molecule has 18 heavy (non-hydrogen) atoms. The molecule has 0 saturated carbocycles. The largest absolute Gasteiger partial charge is 0.228 e. The van der Waals surface area contributed by atoms with Crippen LogP contribution in [0.2, 0.25) is 5.15 Å². The lowest BCUT2D eigenvalue weighted by atomic mass is 10.1. The fourth-order valence-corrected chi connectivity index (χ4v) is 2.98. The van der Waals surface area contributed by atoms with E-state index < -0.39 is 0 Å². The Morgan fingerprint density at radius 2 is 2.06 bits per heavy atom. The Morgan fingerprint density at radius 1 is 1.22 bits per heavy atom. The van der Waals surface area contributed by atoms with E-state index in [4.69, 9.17) is 11.6 Å². The van der Waals surface area contributed by atoms with E-state index in [0.29, 0.717) is 11.0 Å². The summed E-state index contributed by atoms with van der Waals surface area (Å²) in [5.41, 5.74) is 2.97. The van der Waals surface area contributed by atoms with Gasteiger partial charge in [0.05, 0.1) is 5.52 Å². The lowest BCUT2D eigenvalue weighted by Crippen LogP contribution is -1.93. The van der Waals surface area contributed by atoms with Crippen molar-refractivity contribution in [3.8, 4) is 11.4 Å². The van der Waals surface area contributed by atoms with Gasteiger partial charge in [-0.05, 0) is 36.1 Å². The van der Waals surface area contributed by atoms with Gasteiger partial charge in [0, 0.05) is 20.8 Å². The number of fused-ring (bicyclic) bond motifs is 1. The van der Waals surface area contributed by atoms with E-state index in [0.717, 1.165) is 26.5 Å². The van der Waals surface area contributed by atoms with Gasteiger partial charge in [-0.2, -0.15) is 11.3 Å². The maximum absolute atomic E-state index is 6.24. The third kappa shape index (κ3) is 1.94. The van der Waals surface area contributed by atoms with Crippen molar-refractivity contribution in [2.45, 2.75) is 6.92 Å². The minimum atomic E-state index is 0.497. The zero-order valence-corrected chi connectivity index (χ0v) is 12.6. The van der Waals surface area contributed by atoms with E-state index in [9.17, 15) is 0 Å². The van der Waals surface area contributed by atoms with Crippen LogP contribution in [0, 0.1) is 6.92 Å². The second-order valence-electron chi connectivity index (χ2n) is 3.92. The number of hydrogen-bond acceptors (Lipinski definition) is 3. The molecule has 0 atom stereocenters. The minimum absolute atomic E-state index is 0.497. The molecule has 90 valence electrons. The van der Waals surface area contributed by atoms with Crippen molar-refractivity contribution in [1.29, 1.82) is 0 Å². The highest BCUT2D eigenvalue weighted by Crippen LogP contribution is 2.30. The van der Waals surface area contributed by atoms with Gasteiger partial charge in [0.25, 0.3) is 0 Å². The molecule has 0 aliphatic heterocycles. The highest BCUT2D eigenvalue weighted by atomic mass is 79.9. The van der Waals surface area contributed by atoms with Crippen LogP contribution < -0.4 is 0 Å². The summed E-state index contributed by atoms with van der Waals surface area (Å²) in [6.07, 6.45) is 0. The first-order chi connectivity index (χ1) is 8.66. The Balaban J connectivity index is 2.35. The molecule has 2 heterocycles. The van der Waals surface area contributed by atoms with Crippen LogP contribution in [-0.4, -0.2) is 9.97 Å². The first-order valence-corrected chi connectivity index (χ1v) is 7.43. The molecule has 2 aromatic heterocycles. The molecular formula is C13H8BrClN2S. The second kappa shape index (κ2) is 4.61. The van der Waals surface area contributed by atoms with Gasteiger partial charge in [0.2, 0.25) is 0 Å². The SMILES string of the molecule is Cc1c(Br)ccc2c(Cl)nc(-c3ccsc3)nc12. The van der Waals surface area contributed by atoms with Crippen molar-refractivity contribution < 1.29 is 0 Å². The number of halogens is 2. The van der Waals surface area contributed by atoms with Crippen LogP contribution in [-0.2, 0) is 0 Å². The average Bonchev–Trinajstić information content (AvgIpc) is 2.88. The molecule has 3 rings (SSSR count). The lowest BCUT2D eigenvalue weighted by molar-refractivity contribution is 1.22. The summed E-state index contributed by atoms with van der Waals surface area (Å²) in [7, 11) is 0. The van der Waals surface area contributed by atoms with Gasteiger partial charge in [-0.3, -0.25) is 0 Å². The molecule has 5 heteroatoms. The van der Waals surface area contributed by atoms with E-state index in [-0.39, 0.29) is 0 Å². The van der Waals surface area contributed by atoms with Crippen LogP contribution in [0.15, 0.2) is 33.4 Å². The van der Waals surface area contributed by atoms with Crippen LogP contribution in [0.1, 0.15) is 5.56 Å². The second-order valence-corrected chi connectivity index (χ2v) is 5.91. The molecule has 0 unspecified atom stereocenters. The Hall–Kier alpha value is -0.970. The maximum Gasteiger partial charge on any atom is 0.162 e. The Bertz CT molecular complexity index is 725. The van der Waals surface area contributed by atoms with Crippen molar-refractivity contribution in [3.63, 3.8) is 0 Å². The van der Waals surface area contributed by atoms with Crippen molar-refractivity contribution in [2.75, 3.05) is 0 Å². The zero-order chi connectivity index (χ0) is 12.7. The molecule has 0 spiro atoms. The van der Waals surface area contributed by atoms with E-state index in [2.05, 4.69) is 25.9 Å². The fourth-order valence-electron chi connectivity index (χ4n) is 1.79. The van der Waals surface area contributed by atoms with E-state index >= 15 is 0 Å². The monoisotopic (exact) mass is 338 g/mol. The molecule has 1 aromatic carbocycles. The van der Waals surface area contributed by atoms with Crippen molar-refractivity contribution in [2.24, 2.45) is 0 Å². The predicted molar refractivity (Wildman–Crippen MR) is 80.3 cm³/mol. The summed E-state index contributed by atoms with van der Waals surface area (Å²) < 4.78 is 1.03. The molecule has 0 aliphatic rings.